The molecule has 1 aromatic carbocycles. The molecule has 34 heavy (non-hydrogen) atoms. The number of unbranched alkanes of at least 4 members (excludes halogenated alkanes) is 16. The Morgan fingerprint density at radius 3 is 1.38 bits per heavy atom. The van der Waals surface area contributed by atoms with Crippen LogP contribution in [-0.4, -0.2) is 87.8 Å². The van der Waals surface area contributed by atoms with E-state index < -0.39 is 11.9 Å². The van der Waals surface area contributed by atoms with Gasteiger partial charge < -0.3 is 15.5 Å². The van der Waals surface area contributed by atoms with E-state index >= 15 is 0 Å². The van der Waals surface area contributed by atoms with Gasteiger partial charge in [0.05, 0.1) is 11.1 Å². The zero-order chi connectivity index (χ0) is 23.4. The summed E-state index contributed by atoms with van der Waals surface area (Å²) in [6.07, 6.45) is 22.8. The van der Waals surface area contributed by atoms with Crippen molar-refractivity contribution >= 4 is 76.7 Å². The predicted octanol–water partition coefficient (Wildman–Crippen LogP) is 6.85. The number of aromatic carboxylic acids is 2. The first-order chi connectivity index (χ1) is 15.6. The molecule has 0 aliphatic rings. The fourth-order valence-electron chi connectivity index (χ4n) is 4.10. The Hall–Kier alpha value is -0.0400. The molecule has 0 aliphatic carbocycles. The number of anilines is 1. The zero-order valence-corrected chi connectivity index (χ0v) is 20.2. The fraction of sp³-hybridized carbons (Fsp3) is 0.704. The van der Waals surface area contributed by atoms with E-state index in [2.05, 4.69) is 12.2 Å². The molecule has 0 amide bonds. The minimum atomic E-state index is -1.22. The van der Waals surface area contributed by atoms with Crippen molar-refractivity contribution in [2.45, 2.75) is 116 Å². The number of carboxylic acids is 2. The Kier molecular flexibility index (Phi) is 26.2. The Morgan fingerprint density at radius 1 is 0.618 bits per heavy atom. The van der Waals surface area contributed by atoms with Crippen LogP contribution in [0.25, 0.3) is 0 Å². The van der Waals surface area contributed by atoms with Gasteiger partial charge in [-0.25, -0.2) is 9.59 Å². The third-order valence-electron chi connectivity index (χ3n) is 6.09. The molecule has 0 heterocycles. The number of benzene rings is 1. The van der Waals surface area contributed by atoms with Crippen molar-refractivity contribution in [3.8, 4) is 0 Å². The molecule has 0 unspecified atom stereocenters. The number of hydrogen-bond acceptors (Lipinski definition) is 3. The van der Waals surface area contributed by atoms with E-state index in [4.69, 9.17) is 5.11 Å². The van der Waals surface area contributed by atoms with Crippen molar-refractivity contribution in [3.63, 3.8) is 0 Å². The Morgan fingerprint density at radius 2 is 1.00 bits per heavy atom. The molecule has 0 aromatic heterocycles. The SMILES string of the molecule is CCCCCCCCCCCCCCCCCCCNc1ccc(C(=O)O)c(C(=O)O)c1.[NaH].[NaH]. The van der Waals surface area contributed by atoms with Crippen molar-refractivity contribution < 1.29 is 19.8 Å². The summed E-state index contributed by atoms with van der Waals surface area (Å²) in [4.78, 5) is 22.3. The van der Waals surface area contributed by atoms with Crippen molar-refractivity contribution in [2.24, 2.45) is 0 Å². The standard InChI is InChI=1S/C27H45NO4.2Na.2H/c1-2-3-4-5-6-7-8-9-10-11-12-13-14-15-16-17-18-21-28-23-19-20-24(26(29)30)25(22-23)27(31)32;;;;/h19-20,22,28H,2-18,21H2,1H3,(H,29,30)(H,31,32);;;;. The van der Waals surface area contributed by atoms with Crippen LogP contribution < -0.4 is 5.32 Å². The van der Waals surface area contributed by atoms with Crippen LogP contribution in [0.5, 0.6) is 0 Å². The summed E-state index contributed by atoms with van der Waals surface area (Å²) < 4.78 is 0. The van der Waals surface area contributed by atoms with Crippen LogP contribution in [0.15, 0.2) is 18.2 Å². The van der Waals surface area contributed by atoms with Gasteiger partial charge in [-0.2, -0.15) is 0 Å². The van der Waals surface area contributed by atoms with E-state index in [1.807, 2.05) is 0 Å². The maximum absolute atomic E-state index is 11.2. The monoisotopic (exact) mass is 495 g/mol. The summed E-state index contributed by atoms with van der Waals surface area (Å²) in [5, 5.41) is 21.4. The summed E-state index contributed by atoms with van der Waals surface area (Å²) in [5.41, 5.74) is 0.301. The number of hydrogen-bond donors (Lipinski definition) is 3. The fourth-order valence-corrected chi connectivity index (χ4v) is 4.10. The normalized spacial score (nSPS) is 10.3. The van der Waals surface area contributed by atoms with Gasteiger partial charge in [-0.3, -0.25) is 0 Å². The molecule has 0 aliphatic heterocycles. The number of rotatable bonds is 21. The van der Waals surface area contributed by atoms with Crippen molar-refractivity contribution in [1.82, 2.24) is 0 Å². The second-order valence-electron chi connectivity index (χ2n) is 8.95. The first-order valence-electron chi connectivity index (χ1n) is 12.9. The van der Waals surface area contributed by atoms with Gasteiger partial charge in [-0.15, -0.1) is 0 Å². The van der Waals surface area contributed by atoms with Crippen LogP contribution in [0, 0.1) is 0 Å². The summed E-state index contributed by atoms with van der Waals surface area (Å²) in [7, 11) is 0. The van der Waals surface area contributed by atoms with Crippen LogP contribution in [0.4, 0.5) is 5.69 Å². The first-order valence-corrected chi connectivity index (χ1v) is 12.9. The average Bonchev–Trinajstić information content (AvgIpc) is 2.78. The van der Waals surface area contributed by atoms with Crippen LogP contribution in [0.2, 0.25) is 0 Å². The summed E-state index contributed by atoms with van der Waals surface area (Å²) >= 11 is 0. The van der Waals surface area contributed by atoms with Gasteiger partial charge in [0.15, 0.2) is 0 Å². The summed E-state index contributed by atoms with van der Waals surface area (Å²) in [5.74, 6) is -2.44. The molecule has 0 saturated carbocycles. The van der Waals surface area contributed by atoms with E-state index in [1.165, 1.54) is 108 Å². The average molecular weight is 496 g/mol. The van der Waals surface area contributed by atoms with Gasteiger partial charge in [0.2, 0.25) is 0 Å². The van der Waals surface area contributed by atoms with Gasteiger partial charge in [0, 0.05) is 12.2 Å². The molecule has 186 valence electrons. The Labute approximate surface area is 251 Å². The molecule has 1 aromatic rings. The number of carboxylic acid groups (broad SMARTS) is 2. The molecule has 0 saturated heterocycles. The second-order valence-corrected chi connectivity index (χ2v) is 8.95. The van der Waals surface area contributed by atoms with Crippen LogP contribution in [-0.2, 0) is 0 Å². The van der Waals surface area contributed by atoms with Gasteiger partial charge in [-0.1, -0.05) is 110 Å². The van der Waals surface area contributed by atoms with E-state index in [-0.39, 0.29) is 70.2 Å². The van der Waals surface area contributed by atoms with E-state index in [1.54, 1.807) is 6.07 Å². The maximum atomic E-state index is 11.2. The van der Waals surface area contributed by atoms with Crippen molar-refractivity contribution in [1.29, 1.82) is 0 Å². The van der Waals surface area contributed by atoms with E-state index in [0.29, 0.717) is 5.69 Å². The molecule has 1 rings (SSSR count). The van der Waals surface area contributed by atoms with E-state index in [0.717, 1.165) is 19.4 Å². The second kappa shape index (κ2) is 24.6. The molecule has 3 N–H and O–H groups in total. The van der Waals surface area contributed by atoms with Crippen molar-refractivity contribution in [3.05, 3.63) is 29.3 Å². The van der Waals surface area contributed by atoms with E-state index in [9.17, 15) is 14.7 Å². The van der Waals surface area contributed by atoms with Gasteiger partial charge >= 0.3 is 71.1 Å². The van der Waals surface area contributed by atoms with Crippen LogP contribution in [0.3, 0.4) is 0 Å². The summed E-state index contributed by atoms with van der Waals surface area (Å²) in [6.45, 7) is 3.04. The number of nitrogens with one attached hydrogen (secondary N) is 1. The topological polar surface area (TPSA) is 86.6 Å². The number of carbonyl (C=O) groups is 2. The minimum absolute atomic E-state index is 0. The van der Waals surface area contributed by atoms with Gasteiger partial charge in [0.1, 0.15) is 0 Å². The Balaban J connectivity index is 0. The predicted molar refractivity (Wildman–Crippen MR) is 147 cm³/mol. The quantitative estimate of drug-likeness (QED) is 0.128. The molecule has 5 nitrogen and oxygen atoms in total. The molecule has 7 heteroatoms. The van der Waals surface area contributed by atoms with Gasteiger partial charge in [0.25, 0.3) is 0 Å². The molecule has 0 fully saturated rings. The van der Waals surface area contributed by atoms with Crippen LogP contribution >= 0.6 is 0 Å². The van der Waals surface area contributed by atoms with Crippen molar-refractivity contribution in [2.75, 3.05) is 11.9 Å². The third kappa shape index (κ3) is 18.3. The van der Waals surface area contributed by atoms with Crippen LogP contribution in [0.1, 0.15) is 137 Å². The van der Waals surface area contributed by atoms with Gasteiger partial charge in [-0.05, 0) is 24.6 Å². The first kappa shape index (κ1) is 36.1. The molecule has 0 spiro atoms. The molecule has 0 radical (unpaired) electrons. The third-order valence-corrected chi connectivity index (χ3v) is 6.09. The summed E-state index contributed by atoms with van der Waals surface area (Å²) in [6, 6.07) is 4.38. The molecular weight excluding hydrogens is 448 g/mol. The molecule has 0 bridgehead atoms. The molecule has 0 atom stereocenters. The Bertz CT molecular complexity index is 656. The zero-order valence-electron chi connectivity index (χ0n) is 20.2. The molecular formula is C27H47NNa2O4.